The molecular weight excluding hydrogens is 326 g/mol. The van der Waals surface area contributed by atoms with Gasteiger partial charge in [-0.05, 0) is 64.1 Å². The molecule has 0 bridgehead atoms. The monoisotopic (exact) mass is 345 g/mol. The molecule has 1 aromatic heterocycles. The van der Waals surface area contributed by atoms with Crippen molar-refractivity contribution < 1.29 is 0 Å². The standard InChI is InChI=1S/C26H19N/c1-27-25-9-5-4-8-22(25)24-16-18(12-13-26(24)27)17-10-11-20-14-19-6-2-3-7-21(19)23(20)15-17/h2-13,15-16H,14H2,1H3. The minimum Gasteiger partial charge on any atom is -0.344 e. The Balaban J connectivity index is 1.56. The van der Waals surface area contributed by atoms with Crippen molar-refractivity contribution in [2.75, 3.05) is 0 Å². The normalized spacial score (nSPS) is 12.5. The molecule has 1 aliphatic rings. The molecular formula is C26H19N. The maximum atomic E-state index is 2.37. The Labute approximate surface area is 158 Å². The molecule has 1 heteroatoms. The first-order chi connectivity index (χ1) is 13.3. The summed E-state index contributed by atoms with van der Waals surface area (Å²) in [6, 6.07) is 31.2. The van der Waals surface area contributed by atoms with E-state index < -0.39 is 0 Å². The molecule has 0 saturated heterocycles. The fourth-order valence-electron chi connectivity index (χ4n) is 4.65. The van der Waals surface area contributed by atoms with Crippen LogP contribution in [0.15, 0.2) is 84.9 Å². The zero-order valence-electron chi connectivity index (χ0n) is 15.2. The number of aromatic nitrogens is 1. The van der Waals surface area contributed by atoms with Crippen LogP contribution in [0, 0.1) is 0 Å². The van der Waals surface area contributed by atoms with Crippen molar-refractivity contribution in [3.05, 3.63) is 96.1 Å². The van der Waals surface area contributed by atoms with Crippen LogP contribution in [0.2, 0.25) is 0 Å². The van der Waals surface area contributed by atoms with Gasteiger partial charge in [-0.1, -0.05) is 60.7 Å². The SMILES string of the molecule is Cn1c2ccccc2c2cc(-c3ccc4c(c3)-c3ccccc3C4)ccc21. The van der Waals surface area contributed by atoms with Gasteiger partial charge in [0.25, 0.3) is 0 Å². The third kappa shape index (κ3) is 2.06. The summed E-state index contributed by atoms with van der Waals surface area (Å²) in [4.78, 5) is 0. The van der Waals surface area contributed by atoms with Crippen LogP contribution >= 0.6 is 0 Å². The lowest BCUT2D eigenvalue weighted by Crippen LogP contribution is -1.86. The Morgan fingerprint density at radius 2 is 1.30 bits per heavy atom. The lowest BCUT2D eigenvalue weighted by molar-refractivity contribution is 1.01. The van der Waals surface area contributed by atoms with Gasteiger partial charge < -0.3 is 4.57 Å². The van der Waals surface area contributed by atoms with Crippen LogP contribution in [0.1, 0.15) is 11.1 Å². The fraction of sp³-hybridized carbons (Fsp3) is 0.0769. The molecule has 128 valence electrons. The van der Waals surface area contributed by atoms with Crippen LogP contribution in [-0.4, -0.2) is 4.57 Å². The molecule has 0 aliphatic heterocycles. The van der Waals surface area contributed by atoms with Crippen molar-refractivity contribution in [3.8, 4) is 22.3 Å². The molecule has 0 N–H and O–H groups in total. The molecule has 0 saturated carbocycles. The van der Waals surface area contributed by atoms with Crippen molar-refractivity contribution in [2.45, 2.75) is 6.42 Å². The Morgan fingerprint density at radius 3 is 2.26 bits per heavy atom. The van der Waals surface area contributed by atoms with E-state index in [1.54, 1.807) is 0 Å². The van der Waals surface area contributed by atoms with E-state index in [0.717, 1.165) is 6.42 Å². The lowest BCUT2D eigenvalue weighted by atomic mass is 9.97. The van der Waals surface area contributed by atoms with Gasteiger partial charge in [0, 0.05) is 28.9 Å². The molecule has 1 nitrogen and oxygen atoms in total. The van der Waals surface area contributed by atoms with Gasteiger partial charge in [-0.3, -0.25) is 0 Å². The summed E-state index contributed by atoms with van der Waals surface area (Å²) in [6.07, 6.45) is 1.05. The highest BCUT2D eigenvalue weighted by molar-refractivity contribution is 6.09. The zero-order valence-corrected chi connectivity index (χ0v) is 15.2. The topological polar surface area (TPSA) is 4.93 Å². The average Bonchev–Trinajstić information content (AvgIpc) is 3.23. The zero-order chi connectivity index (χ0) is 18.0. The maximum absolute atomic E-state index is 2.37. The number of aryl methyl sites for hydroxylation is 1. The Hall–Kier alpha value is -3.32. The van der Waals surface area contributed by atoms with E-state index >= 15 is 0 Å². The van der Waals surface area contributed by atoms with Gasteiger partial charge in [0.05, 0.1) is 0 Å². The fourth-order valence-corrected chi connectivity index (χ4v) is 4.65. The Bertz CT molecular complexity index is 1350. The molecule has 0 spiro atoms. The number of hydrogen-bond acceptors (Lipinski definition) is 0. The van der Waals surface area contributed by atoms with Crippen molar-refractivity contribution in [1.82, 2.24) is 4.57 Å². The predicted octanol–water partition coefficient (Wildman–Crippen LogP) is 6.57. The first-order valence-corrected chi connectivity index (χ1v) is 9.48. The van der Waals surface area contributed by atoms with Gasteiger partial charge in [-0.25, -0.2) is 0 Å². The summed E-state index contributed by atoms with van der Waals surface area (Å²) in [7, 11) is 2.15. The summed E-state index contributed by atoms with van der Waals surface area (Å²) in [5.74, 6) is 0. The maximum Gasteiger partial charge on any atom is 0.0489 e. The third-order valence-corrected chi connectivity index (χ3v) is 6.05. The molecule has 5 aromatic rings. The van der Waals surface area contributed by atoms with E-state index in [1.807, 2.05) is 0 Å². The highest BCUT2D eigenvalue weighted by Gasteiger charge is 2.18. The van der Waals surface area contributed by atoms with Crippen LogP contribution < -0.4 is 0 Å². The smallest absolute Gasteiger partial charge is 0.0489 e. The van der Waals surface area contributed by atoms with Crippen LogP contribution in [0.3, 0.4) is 0 Å². The van der Waals surface area contributed by atoms with Crippen LogP contribution in [0.5, 0.6) is 0 Å². The van der Waals surface area contributed by atoms with E-state index in [2.05, 4.69) is 96.5 Å². The molecule has 0 atom stereocenters. The number of fused-ring (bicyclic) bond motifs is 6. The van der Waals surface area contributed by atoms with E-state index in [9.17, 15) is 0 Å². The molecule has 0 radical (unpaired) electrons. The predicted molar refractivity (Wildman–Crippen MR) is 114 cm³/mol. The third-order valence-electron chi connectivity index (χ3n) is 6.05. The first kappa shape index (κ1) is 14.8. The van der Waals surface area contributed by atoms with Gasteiger partial charge in [0.15, 0.2) is 0 Å². The van der Waals surface area contributed by atoms with E-state index in [1.165, 1.54) is 55.2 Å². The second-order valence-electron chi connectivity index (χ2n) is 7.51. The highest BCUT2D eigenvalue weighted by atomic mass is 14.9. The quantitative estimate of drug-likeness (QED) is 0.318. The van der Waals surface area contributed by atoms with Crippen molar-refractivity contribution in [1.29, 1.82) is 0 Å². The highest BCUT2D eigenvalue weighted by Crippen LogP contribution is 2.39. The summed E-state index contributed by atoms with van der Waals surface area (Å²) in [5, 5.41) is 2.65. The summed E-state index contributed by atoms with van der Waals surface area (Å²) in [6.45, 7) is 0. The second kappa shape index (κ2) is 5.34. The Morgan fingerprint density at radius 1 is 0.593 bits per heavy atom. The molecule has 6 rings (SSSR count). The largest absolute Gasteiger partial charge is 0.344 e. The second-order valence-corrected chi connectivity index (χ2v) is 7.51. The molecule has 0 amide bonds. The summed E-state index contributed by atoms with van der Waals surface area (Å²) in [5.41, 5.74) is 10.8. The Kier molecular flexibility index (Phi) is 2.93. The minimum absolute atomic E-state index is 1.05. The van der Waals surface area contributed by atoms with Crippen LogP contribution in [-0.2, 0) is 13.5 Å². The first-order valence-electron chi connectivity index (χ1n) is 9.48. The van der Waals surface area contributed by atoms with E-state index in [4.69, 9.17) is 0 Å². The van der Waals surface area contributed by atoms with Crippen LogP contribution in [0.4, 0.5) is 0 Å². The molecule has 27 heavy (non-hydrogen) atoms. The van der Waals surface area contributed by atoms with Gasteiger partial charge in [-0.15, -0.1) is 0 Å². The number of rotatable bonds is 1. The van der Waals surface area contributed by atoms with Crippen molar-refractivity contribution >= 4 is 21.8 Å². The molecule has 4 aromatic carbocycles. The van der Waals surface area contributed by atoms with Crippen molar-refractivity contribution in [2.24, 2.45) is 7.05 Å². The molecule has 1 aliphatic carbocycles. The average molecular weight is 345 g/mol. The molecule has 0 fully saturated rings. The lowest BCUT2D eigenvalue weighted by Gasteiger charge is -2.07. The van der Waals surface area contributed by atoms with E-state index in [0.29, 0.717) is 0 Å². The van der Waals surface area contributed by atoms with Gasteiger partial charge in [-0.2, -0.15) is 0 Å². The van der Waals surface area contributed by atoms with Crippen LogP contribution in [0.25, 0.3) is 44.1 Å². The number of nitrogens with zero attached hydrogens (tertiary/aromatic N) is 1. The summed E-state index contributed by atoms with van der Waals surface area (Å²) < 4.78 is 2.29. The van der Waals surface area contributed by atoms with Gasteiger partial charge in [0.1, 0.15) is 0 Å². The molecule has 0 unspecified atom stereocenters. The number of hydrogen-bond donors (Lipinski definition) is 0. The number of para-hydroxylation sites is 1. The number of benzene rings is 4. The van der Waals surface area contributed by atoms with Gasteiger partial charge in [0.2, 0.25) is 0 Å². The summed E-state index contributed by atoms with van der Waals surface area (Å²) >= 11 is 0. The van der Waals surface area contributed by atoms with Crippen molar-refractivity contribution in [3.63, 3.8) is 0 Å². The molecule has 1 heterocycles. The minimum atomic E-state index is 1.05. The van der Waals surface area contributed by atoms with Gasteiger partial charge >= 0.3 is 0 Å². The van der Waals surface area contributed by atoms with E-state index in [-0.39, 0.29) is 0 Å².